The quantitative estimate of drug-likeness (QED) is 0.512. The number of aryl methyl sites for hydroxylation is 1. The van der Waals surface area contributed by atoms with Crippen molar-refractivity contribution in [3.63, 3.8) is 0 Å². The molecule has 0 atom stereocenters. The number of methoxy groups -OCH3 is 1. The highest BCUT2D eigenvalue weighted by atomic mass is 19.4. The molecule has 5 nitrogen and oxygen atoms in total. The second kappa shape index (κ2) is 8.81. The Morgan fingerprint density at radius 3 is 2.41 bits per heavy atom. The van der Waals surface area contributed by atoms with Crippen LogP contribution in [-0.2, 0) is 12.6 Å². The molecule has 0 fully saturated rings. The average Bonchev–Trinajstić information content (AvgIpc) is 2.69. The van der Waals surface area contributed by atoms with E-state index >= 15 is 0 Å². The zero-order valence-corrected chi connectivity index (χ0v) is 16.0. The summed E-state index contributed by atoms with van der Waals surface area (Å²) in [6, 6.07) is 14.2. The zero-order chi connectivity index (χ0) is 20.9. The number of rotatable bonds is 7. The molecule has 0 unspecified atom stereocenters. The number of benzene rings is 2. The first kappa shape index (κ1) is 20.4. The molecule has 0 saturated carbocycles. The molecular formula is C21H21F3N4O. The van der Waals surface area contributed by atoms with E-state index in [9.17, 15) is 13.2 Å². The van der Waals surface area contributed by atoms with Gasteiger partial charge in [-0.25, -0.2) is 4.98 Å². The van der Waals surface area contributed by atoms with E-state index in [2.05, 4.69) is 27.5 Å². The van der Waals surface area contributed by atoms with Gasteiger partial charge in [-0.3, -0.25) is 0 Å². The molecule has 3 rings (SSSR count). The number of nitrogens with zero attached hydrogens (tertiary/aromatic N) is 2. The van der Waals surface area contributed by atoms with Gasteiger partial charge in [0.05, 0.1) is 7.11 Å². The van der Waals surface area contributed by atoms with Crippen LogP contribution >= 0.6 is 0 Å². The number of halogens is 3. The summed E-state index contributed by atoms with van der Waals surface area (Å²) in [5.74, 6) is 0.237. The lowest BCUT2D eigenvalue weighted by Gasteiger charge is -2.15. The lowest BCUT2D eigenvalue weighted by molar-refractivity contribution is -0.137. The lowest BCUT2D eigenvalue weighted by atomic mass is 10.1. The van der Waals surface area contributed by atoms with Crippen LogP contribution in [0.3, 0.4) is 0 Å². The van der Waals surface area contributed by atoms with Crippen molar-refractivity contribution in [1.82, 2.24) is 9.97 Å². The van der Waals surface area contributed by atoms with Crippen LogP contribution in [0.1, 0.15) is 24.5 Å². The maximum absolute atomic E-state index is 13.4. The van der Waals surface area contributed by atoms with Crippen LogP contribution in [0.2, 0.25) is 0 Å². The fourth-order valence-electron chi connectivity index (χ4n) is 2.75. The summed E-state index contributed by atoms with van der Waals surface area (Å²) < 4.78 is 45.3. The van der Waals surface area contributed by atoms with Crippen molar-refractivity contribution in [2.24, 2.45) is 0 Å². The van der Waals surface area contributed by atoms with Crippen molar-refractivity contribution in [2.45, 2.75) is 25.9 Å². The molecule has 0 amide bonds. The summed E-state index contributed by atoms with van der Waals surface area (Å²) in [4.78, 5) is 7.88. The van der Waals surface area contributed by atoms with Gasteiger partial charge in [0.1, 0.15) is 17.1 Å². The normalized spacial score (nSPS) is 11.2. The minimum absolute atomic E-state index is 0.0617. The molecule has 0 aliphatic heterocycles. The minimum atomic E-state index is -4.60. The minimum Gasteiger partial charge on any atom is -0.497 e. The van der Waals surface area contributed by atoms with Crippen molar-refractivity contribution in [1.29, 1.82) is 0 Å². The molecule has 1 heterocycles. The van der Waals surface area contributed by atoms with Gasteiger partial charge >= 0.3 is 6.18 Å². The van der Waals surface area contributed by atoms with E-state index in [1.165, 1.54) is 12.7 Å². The molecule has 1 aromatic heterocycles. The molecule has 8 heteroatoms. The van der Waals surface area contributed by atoms with E-state index in [1.807, 2.05) is 24.3 Å². The van der Waals surface area contributed by atoms with E-state index in [0.717, 1.165) is 19.0 Å². The topological polar surface area (TPSA) is 59.1 Å². The predicted octanol–water partition coefficient (Wildman–Crippen LogP) is 5.94. The molecule has 152 valence electrons. The summed E-state index contributed by atoms with van der Waals surface area (Å²) in [5, 5.41) is 5.66. The summed E-state index contributed by atoms with van der Waals surface area (Å²) in [5.41, 5.74) is 1.34. The van der Waals surface area contributed by atoms with Crippen LogP contribution < -0.4 is 15.4 Å². The van der Waals surface area contributed by atoms with Gasteiger partial charge in [-0.1, -0.05) is 31.5 Å². The fraction of sp³-hybridized carbons (Fsp3) is 0.238. The third kappa shape index (κ3) is 5.37. The number of aromatic nitrogens is 2. The Morgan fingerprint density at radius 2 is 1.76 bits per heavy atom. The third-order valence-electron chi connectivity index (χ3n) is 4.18. The molecule has 0 saturated heterocycles. The van der Waals surface area contributed by atoms with Crippen LogP contribution in [0.5, 0.6) is 5.75 Å². The highest BCUT2D eigenvalue weighted by molar-refractivity contribution is 5.64. The van der Waals surface area contributed by atoms with Gasteiger partial charge in [-0.05, 0) is 36.2 Å². The monoisotopic (exact) mass is 402 g/mol. The van der Waals surface area contributed by atoms with E-state index < -0.39 is 11.7 Å². The average molecular weight is 402 g/mol. The Balaban J connectivity index is 1.88. The van der Waals surface area contributed by atoms with Crippen LogP contribution in [0.25, 0.3) is 0 Å². The predicted molar refractivity (Wildman–Crippen MR) is 107 cm³/mol. The van der Waals surface area contributed by atoms with Crippen molar-refractivity contribution in [3.8, 4) is 5.75 Å². The Hall–Kier alpha value is -3.29. The van der Waals surface area contributed by atoms with Crippen molar-refractivity contribution < 1.29 is 17.9 Å². The molecule has 0 spiro atoms. The SMILES string of the molecule is CCCc1ccc(Nc2ncc(C(F)(F)F)c(Nc3cccc(OC)c3)n2)cc1. The molecule has 2 N–H and O–H groups in total. The first-order valence-corrected chi connectivity index (χ1v) is 9.10. The second-order valence-electron chi connectivity index (χ2n) is 6.38. The number of nitrogens with one attached hydrogen (secondary N) is 2. The van der Waals surface area contributed by atoms with Gasteiger partial charge < -0.3 is 15.4 Å². The van der Waals surface area contributed by atoms with Gasteiger partial charge in [0.25, 0.3) is 0 Å². The number of ether oxygens (including phenoxy) is 1. The van der Waals surface area contributed by atoms with Crippen molar-refractivity contribution in [3.05, 3.63) is 65.9 Å². The largest absolute Gasteiger partial charge is 0.497 e. The molecule has 3 aromatic rings. The number of hydrogen-bond acceptors (Lipinski definition) is 5. The van der Waals surface area contributed by atoms with Crippen molar-refractivity contribution >= 4 is 23.1 Å². The van der Waals surface area contributed by atoms with Crippen LogP contribution in [0.4, 0.5) is 36.3 Å². The molecule has 0 aliphatic rings. The Labute approximate surface area is 167 Å². The zero-order valence-electron chi connectivity index (χ0n) is 16.0. The molecule has 2 aromatic carbocycles. The van der Waals surface area contributed by atoms with Crippen LogP contribution in [-0.4, -0.2) is 17.1 Å². The fourth-order valence-corrected chi connectivity index (χ4v) is 2.75. The number of anilines is 4. The third-order valence-corrected chi connectivity index (χ3v) is 4.18. The molecule has 29 heavy (non-hydrogen) atoms. The number of alkyl halides is 3. The van der Waals surface area contributed by atoms with E-state index in [-0.39, 0.29) is 11.8 Å². The highest BCUT2D eigenvalue weighted by Crippen LogP contribution is 2.35. The molecular weight excluding hydrogens is 381 g/mol. The lowest BCUT2D eigenvalue weighted by Crippen LogP contribution is -2.12. The maximum Gasteiger partial charge on any atom is 0.421 e. The Morgan fingerprint density at radius 1 is 1.00 bits per heavy atom. The van der Waals surface area contributed by atoms with E-state index in [0.29, 0.717) is 17.1 Å². The van der Waals surface area contributed by atoms with Gasteiger partial charge in [-0.2, -0.15) is 18.2 Å². The smallest absolute Gasteiger partial charge is 0.421 e. The Bertz CT molecular complexity index is 959. The van der Waals surface area contributed by atoms with Gasteiger partial charge in [0.15, 0.2) is 0 Å². The second-order valence-corrected chi connectivity index (χ2v) is 6.38. The van der Waals surface area contributed by atoms with Crippen molar-refractivity contribution in [2.75, 3.05) is 17.7 Å². The standard InChI is InChI=1S/C21H21F3N4O/c1-3-5-14-8-10-15(11-9-14)27-20-25-13-18(21(22,23)24)19(28-20)26-16-6-4-7-17(12-16)29-2/h4,6-13H,3,5H2,1-2H3,(H2,25,26,27,28). The first-order valence-electron chi connectivity index (χ1n) is 9.10. The summed E-state index contributed by atoms with van der Waals surface area (Å²) in [6.07, 6.45) is -1.83. The molecule has 0 bridgehead atoms. The Kier molecular flexibility index (Phi) is 6.21. The van der Waals surface area contributed by atoms with Gasteiger partial charge in [-0.15, -0.1) is 0 Å². The summed E-state index contributed by atoms with van der Waals surface area (Å²) in [7, 11) is 1.48. The van der Waals surface area contributed by atoms with Gasteiger partial charge in [0, 0.05) is 23.6 Å². The summed E-state index contributed by atoms with van der Waals surface area (Å²) >= 11 is 0. The van der Waals surface area contributed by atoms with Crippen LogP contribution in [0.15, 0.2) is 54.7 Å². The van der Waals surface area contributed by atoms with Gasteiger partial charge in [0.2, 0.25) is 5.95 Å². The maximum atomic E-state index is 13.4. The van der Waals surface area contributed by atoms with Crippen LogP contribution in [0, 0.1) is 0 Å². The molecule has 0 radical (unpaired) electrons. The first-order chi connectivity index (χ1) is 13.9. The van der Waals surface area contributed by atoms with E-state index in [4.69, 9.17) is 4.74 Å². The molecule has 0 aliphatic carbocycles. The summed E-state index contributed by atoms with van der Waals surface area (Å²) in [6.45, 7) is 2.10. The highest BCUT2D eigenvalue weighted by Gasteiger charge is 2.35. The van der Waals surface area contributed by atoms with E-state index in [1.54, 1.807) is 24.3 Å². The number of hydrogen-bond donors (Lipinski definition) is 2.